The molecule has 0 fully saturated rings. The molecule has 13 heteroatoms. The molecule has 0 saturated heterocycles. The lowest BCUT2D eigenvalue weighted by atomic mass is 10.0. The number of nitro benzene ring substituents is 1. The van der Waals surface area contributed by atoms with Gasteiger partial charge in [0.15, 0.2) is 11.0 Å². The van der Waals surface area contributed by atoms with Crippen molar-refractivity contribution in [3.05, 3.63) is 93.3 Å². The lowest BCUT2D eigenvalue weighted by Gasteiger charge is -2.29. The van der Waals surface area contributed by atoms with Gasteiger partial charge in [-0.05, 0) is 49.6 Å². The maximum Gasteiger partial charge on any atom is 0.273 e. The number of fused-ring (bicyclic) bond motifs is 1. The van der Waals surface area contributed by atoms with Gasteiger partial charge in [-0.3, -0.25) is 24.3 Å². The summed E-state index contributed by atoms with van der Waals surface area (Å²) in [7, 11) is 3.08. The van der Waals surface area contributed by atoms with Crippen LogP contribution in [0.5, 0.6) is 11.5 Å². The highest BCUT2D eigenvalue weighted by molar-refractivity contribution is 7.99. The predicted octanol–water partition coefficient (Wildman–Crippen LogP) is 4.50. The molecule has 5 rings (SSSR count). The van der Waals surface area contributed by atoms with Crippen LogP contribution >= 0.6 is 11.8 Å². The third-order valence-electron chi connectivity index (χ3n) is 7.14. The number of carbonyl (C=O) groups is 2. The molecule has 2 heterocycles. The second-order valence-corrected chi connectivity index (χ2v) is 10.7. The van der Waals surface area contributed by atoms with Gasteiger partial charge in [-0.25, -0.2) is 0 Å². The van der Waals surface area contributed by atoms with Gasteiger partial charge >= 0.3 is 0 Å². The molecule has 1 N–H and O–H groups in total. The number of hydrogen-bond acceptors (Lipinski definition) is 9. The molecule has 12 nitrogen and oxygen atoms in total. The van der Waals surface area contributed by atoms with E-state index in [4.69, 9.17) is 9.47 Å². The first-order valence-electron chi connectivity index (χ1n) is 13.5. The fraction of sp³-hybridized carbons (Fsp3) is 0.267. The number of anilines is 1. The quantitative estimate of drug-likeness (QED) is 0.158. The fourth-order valence-electron chi connectivity index (χ4n) is 4.93. The van der Waals surface area contributed by atoms with Crippen molar-refractivity contribution in [2.75, 3.05) is 31.4 Å². The molecule has 0 bridgehead atoms. The number of nitrogens with one attached hydrogen (secondary N) is 1. The van der Waals surface area contributed by atoms with Gasteiger partial charge < -0.3 is 19.7 Å². The number of amides is 2. The molecule has 0 radical (unpaired) electrons. The molecular weight excluding hydrogens is 572 g/mol. The zero-order valence-corrected chi connectivity index (χ0v) is 24.7. The Kier molecular flexibility index (Phi) is 8.90. The minimum atomic E-state index is -0.523. The zero-order valence-electron chi connectivity index (χ0n) is 23.9. The standard InChI is InChI=1S/C30H30N6O6S/c1-19-10-11-21(15-24(19)36(39)40)29(38)31-17-27-32-33-30(35(27)25-16-22(41-2)12-13-26(25)42-3)43-18-28(37)34-14-6-8-20-7-4-5-9-23(20)34/h4-5,7,9-13,15-16H,6,8,14,17-18H2,1-3H3,(H,31,38). The van der Waals surface area contributed by atoms with E-state index in [0.29, 0.717) is 40.3 Å². The second kappa shape index (κ2) is 12.9. The van der Waals surface area contributed by atoms with E-state index >= 15 is 0 Å². The van der Waals surface area contributed by atoms with Crippen LogP contribution in [0.1, 0.15) is 33.7 Å². The molecule has 222 valence electrons. The summed E-state index contributed by atoms with van der Waals surface area (Å²) in [4.78, 5) is 39.0. The van der Waals surface area contributed by atoms with Crippen LogP contribution in [0, 0.1) is 17.0 Å². The van der Waals surface area contributed by atoms with E-state index in [1.807, 2.05) is 24.3 Å². The molecule has 0 saturated carbocycles. The van der Waals surface area contributed by atoms with Crippen molar-refractivity contribution in [3.8, 4) is 17.2 Å². The molecule has 0 unspecified atom stereocenters. The largest absolute Gasteiger partial charge is 0.497 e. The maximum absolute atomic E-state index is 13.4. The molecular formula is C30H30N6O6S. The average Bonchev–Trinajstić information content (AvgIpc) is 3.44. The van der Waals surface area contributed by atoms with Crippen molar-refractivity contribution < 1.29 is 24.0 Å². The lowest BCUT2D eigenvalue weighted by Crippen LogP contribution is -2.36. The number of para-hydroxylation sites is 1. The summed E-state index contributed by atoms with van der Waals surface area (Å²) in [6.45, 7) is 2.20. The summed E-state index contributed by atoms with van der Waals surface area (Å²) in [6.07, 6.45) is 1.82. The van der Waals surface area contributed by atoms with Gasteiger partial charge in [0.2, 0.25) is 5.91 Å². The van der Waals surface area contributed by atoms with Crippen molar-refractivity contribution in [2.24, 2.45) is 0 Å². The Labute approximate surface area is 252 Å². The Hall–Kier alpha value is -4.91. The topological polar surface area (TPSA) is 142 Å². The number of benzene rings is 3. The summed E-state index contributed by atoms with van der Waals surface area (Å²) in [6, 6.07) is 17.5. The van der Waals surface area contributed by atoms with Crippen molar-refractivity contribution in [3.63, 3.8) is 0 Å². The first kappa shape index (κ1) is 29.6. The smallest absolute Gasteiger partial charge is 0.273 e. The van der Waals surface area contributed by atoms with E-state index < -0.39 is 10.8 Å². The molecule has 4 aromatic rings. The minimum Gasteiger partial charge on any atom is -0.497 e. The summed E-state index contributed by atoms with van der Waals surface area (Å²) in [5.74, 6) is 0.963. The van der Waals surface area contributed by atoms with Crippen LogP contribution in [0.25, 0.3) is 5.69 Å². The average molecular weight is 603 g/mol. The molecule has 3 aromatic carbocycles. The summed E-state index contributed by atoms with van der Waals surface area (Å²) in [5, 5.41) is 23.2. The number of aromatic nitrogens is 3. The van der Waals surface area contributed by atoms with Crippen LogP contribution in [0.4, 0.5) is 11.4 Å². The first-order chi connectivity index (χ1) is 20.8. The summed E-state index contributed by atoms with van der Waals surface area (Å²) >= 11 is 1.22. The van der Waals surface area contributed by atoms with Crippen molar-refractivity contribution in [2.45, 2.75) is 31.5 Å². The van der Waals surface area contributed by atoms with Gasteiger partial charge in [0.1, 0.15) is 11.5 Å². The minimum absolute atomic E-state index is 0.0537. The molecule has 1 aliphatic heterocycles. The number of nitrogens with zero attached hydrogens (tertiary/aromatic N) is 5. The van der Waals surface area contributed by atoms with Crippen LogP contribution in [-0.4, -0.2) is 58.0 Å². The molecule has 0 atom stereocenters. The second-order valence-electron chi connectivity index (χ2n) is 9.78. The highest BCUT2D eigenvalue weighted by atomic mass is 32.2. The van der Waals surface area contributed by atoms with Crippen LogP contribution in [0.15, 0.2) is 65.8 Å². The van der Waals surface area contributed by atoms with Gasteiger partial charge in [-0.1, -0.05) is 36.0 Å². The van der Waals surface area contributed by atoms with Gasteiger partial charge in [-0.2, -0.15) is 0 Å². The number of ether oxygens (including phenoxy) is 2. The van der Waals surface area contributed by atoms with Crippen LogP contribution < -0.4 is 19.7 Å². The molecule has 2 amide bonds. The number of carbonyl (C=O) groups excluding carboxylic acids is 2. The van der Waals surface area contributed by atoms with Gasteiger partial charge in [0.25, 0.3) is 11.6 Å². The Morgan fingerprint density at radius 3 is 2.63 bits per heavy atom. The van der Waals surface area contributed by atoms with E-state index in [1.54, 1.807) is 41.7 Å². The van der Waals surface area contributed by atoms with Crippen LogP contribution in [0.2, 0.25) is 0 Å². The van der Waals surface area contributed by atoms with E-state index in [2.05, 4.69) is 15.5 Å². The number of rotatable bonds is 10. The molecule has 43 heavy (non-hydrogen) atoms. The van der Waals surface area contributed by atoms with Crippen molar-refractivity contribution in [1.29, 1.82) is 0 Å². The van der Waals surface area contributed by atoms with Gasteiger partial charge in [-0.15, -0.1) is 10.2 Å². The lowest BCUT2D eigenvalue weighted by molar-refractivity contribution is -0.385. The van der Waals surface area contributed by atoms with E-state index in [1.165, 1.54) is 37.1 Å². The normalized spacial score (nSPS) is 12.4. The van der Waals surface area contributed by atoms with Crippen molar-refractivity contribution >= 4 is 35.0 Å². The fourth-order valence-corrected chi connectivity index (χ4v) is 5.77. The Morgan fingerprint density at radius 1 is 1.05 bits per heavy atom. The molecule has 1 aromatic heterocycles. The Bertz CT molecular complexity index is 1690. The predicted molar refractivity (Wildman–Crippen MR) is 161 cm³/mol. The molecule has 0 aliphatic carbocycles. The molecule has 1 aliphatic rings. The number of aryl methyl sites for hydroxylation is 2. The maximum atomic E-state index is 13.4. The SMILES string of the molecule is COc1ccc(OC)c(-n2c(CNC(=O)c3ccc(C)c([N+](=O)[O-])c3)nnc2SCC(=O)N2CCCc3ccccc32)c1. The summed E-state index contributed by atoms with van der Waals surface area (Å²) in [5.41, 5.74) is 3.08. The zero-order chi connectivity index (χ0) is 30.5. The number of methoxy groups -OCH3 is 2. The van der Waals surface area contributed by atoms with Gasteiger partial charge in [0.05, 0.1) is 37.1 Å². The molecule has 0 spiro atoms. The summed E-state index contributed by atoms with van der Waals surface area (Å²) < 4.78 is 12.8. The Balaban J connectivity index is 1.42. The van der Waals surface area contributed by atoms with E-state index in [0.717, 1.165) is 24.1 Å². The monoisotopic (exact) mass is 602 g/mol. The van der Waals surface area contributed by atoms with E-state index in [9.17, 15) is 19.7 Å². The van der Waals surface area contributed by atoms with Crippen LogP contribution in [-0.2, 0) is 17.8 Å². The Morgan fingerprint density at radius 2 is 1.86 bits per heavy atom. The first-order valence-corrected chi connectivity index (χ1v) is 14.5. The third-order valence-corrected chi connectivity index (χ3v) is 8.05. The van der Waals surface area contributed by atoms with E-state index in [-0.39, 0.29) is 29.5 Å². The third kappa shape index (κ3) is 6.31. The number of nitro groups is 1. The highest BCUT2D eigenvalue weighted by Crippen LogP contribution is 2.33. The van der Waals surface area contributed by atoms with Crippen LogP contribution in [0.3, 0.4) is 0 Å². The highest BCUT2D eigenvalue weighted by Gasteiger charge is 2.25. The number of thioether (sulfide) groups is 1. The van der Waals surface area contributed by atoms with Crippen molar-refractivity contribution in [1.82, 2.24) is 20.1 Å². The van der Waals surface area contributed by atoms with Gasteiger partial charge in [0, 0.05) is 35.5 Å². The number of hydrogen-bond donors (Lipinski definition) is 1.